The number of phosphoric acid groups is 1. The van der Waals surface area contributed by atoms with Crippen molar-refractivity contribution >= 4 is 181 Å². The van der Waals surface area contributed by atoms with Crippen LogP contribution in [-0.2, 0) is 76.6 Å². The van der Waals surface area contributed by atoms with Crippen LogP contribution in [-0.4, -0.2) is 200 Å². The molecular weight excluding hydrogens is 1360 g/mol. The number of nitrogens with two attached hydrogens (primary N) is 3. The molecule has 0 spiro atoms. The second-order valence-corrected chi connectivity index (χ2v) is 25.0. The van der Waals surface area contributed by atoms with Crippen LogP contribution < -0.4 is 33.2 Å². The zero-order valence-corrected chi connectivity index (χ0v) is 52.8. The van der Waals surface area contributed by atoms with Gasteiger partial charge in [-0.2, -0.15) is 0 Å². The van der Waals surface area contributed by atoms with Gasteiger partial charge in [-0.25, -0.2) is 48.3 Å². The maximum atomic E-state index is 12.7. The van der Waals surface area contributed by atoms with Crippen LogP contribution in [0.1, 0.15) is 37.9 Å². The number of nitrogens with zero attached hydrogens (tertiary/aromatic N) is 9. The van der Waals surface area contributed by atoms with Gasteiger partial charge in [-0.05, 0) is 16.7 Å². The first-order valence-corrected chi connectivity index (χ1v) is 32.3. The number of aromatic nitrogens is 3. The van der Waals surface area contributed by atoms with E-state index in [1.807, 2.05) is 0 Å². The number of anilines is 3. The summed E-state index contributed by atoms with van der Waals surface area (Å²) in [5.41, 5.74) is 16.8. The van der Waals surface area contributed by atoms with E-state index in [0.29, 0.717) is 34.0 Å². The van der Waals surface area contributed by atoms with Crippen molar-refractivity contribution < 1.29 is 107 Å². The summed E-state index contributed by atoms with van der Waals surface area (Å²) in [7, 11) is -4.64. The number of carboxylic acids is 3. The first kappa shape index (κ1) is 71.6. The number of nitrogen functional groups attached to an aromatic ring is 3. The Hall–Kier alpha value is -9.46. The number of carboxylic acid groups (broad SMARTS) is 3. The molecule has 3 fully saturated rings. The lowest BCUT2D eigenvalue weighted by Crippen LogP contribution is -2.71. The maximum absolute atomic E-state index is 12.7. The fourth-order valence-electron chi connectivity index (χ4n) is 8.16. The number of allylic oxidation sites excluding steroid dienone is 3. The highest BCUT2D eigenvalue weighted by Crippen LogP contribution is 2.43. The molecule has 488 valence electrons. The number of carbonyl (C=O) groups is 12. The summed E-state index contributed by atoms with van der Waals surface area (Å²) in [4.78, 5) is 194. The van der Waals surface area contributed by atoms with Gasteiger partial charge in [0.1, 0.15) is 68.4 Å². The van der Waals surface area contributed by atoms with Crippen molar-refractivity contribution in [3.8, 4) is 0 Å². The zero-order valence-electron chi connectivity index (χ0n) is 47.0. The van der Waals surface area contributed by atoms with Crippen molar-refractivity contribution in [2.45, 2.75) is 55.0 Å². The number of fused-ring (bicyclic) bond motifs is 3. The maximum Gasteiger partial charge on any atom is 0.466 e. The van der Waals surface area contributed by atoms with Crippen LogP contribution in [0, 0.1) is 0 Å². The van der Waals surface area contributed by atoms with E-state index in [9.17, 15) is 72.9 Å². The average molecular weight is 1410 g/mol. The lowest BCUT2D eigenvalue weighted by atomic mass is 10.0. The molecule has 0 unspecified atom stereocenters. The minimum absolute atomic E-state index is 0.0752. The van der Waals surface area contributed by atoms with E-state index in [1.165, 1.54) is 69.7 Å². The molecule has 3 aromatic rings. The summed E-state index contributed by atoms with van der Waals surface area (Å²) in [5, 5.41) is 49.4. The topological polar surface area (TPSA) is 571 Å². The van der Waals surface area contributed by atoms with Crippen LogP contribution in [0.5, 0.6) is 0 Å². The predicted octanol–water partition coefficient (Wildman–Crippen LogP) is -1.18. The minimum Gasteiger partial charge on any atom is -0.477 e. The Morgan fingerprint density at radius 3 is 0.924 bits per heavy atom. The number of rotatable bonds is 18. The molecule has 9 rings (SSSR count). The molecule has 0 radical (unpaired) electrons. The zero-order chi connectivity index (χ0) is 68.4. The Morgan fingerprint density at radius 1 is 0.522 bits per heavy atom. The van der Waals surface area contributed by atoms with Gasteiger partial charge in [-0.1, -0.05) is 53.4 Å². The molecule has 15 N–H and O–H groups in total. The van der Waals surface area contributed by atoms with Crippen molar-refractivity contribution in [2.75, 3.05) is 34.5 Å². The van der Waals surface area contributed by atoms with Crippen LogP contribution in [0.3, 0.4) is 0 Å². The van der Waals surface area contributed by atoms with Crippen molar-refractivity contribution in [3.63, 3.8) is 0 Å². The van der Waals surface area contributed by atoms with Gasteiger partial charge in [-0.15, -0.1) is 69.3 Å². The molecule has 6 aliphatic heterocycles. The fraction of sp³-hybridized carbons (Fsp3) is 0.250. The smallest absolute Gasteiger partial charge is 0.466 e. The van der Waals surface area contributed by atoms with Gasteiger partial charge in [0.05, 0.1) is 0 Å². The highest BCUT2D eigenvalue weighted by Gasteiger charge is 2.57. The molecule has 6 atom stereocenters. The molecular formula is C48H48N15O22PS6. The van der Waals surface area contributed by atoms with Gasteiger partial charge >= 0.3 is 43.6 Å². The van der Waals surface area contributed by atoms with E-state index in [4.69, 9.17) is 36.4 Å². The lowest BCUT2D eigenvalue weighted by molar-refractivity contribution is -0.150. The predicted molar refractivity (Wildman–Crippen MR) is 328 cm³/mol. The number of hydrogen-bond donors (Lipinski definition) is 12. The first-order chi connectivity index (χ1) is 43.2. The lowest BCUT2D eigenvalue weighted by Gasteiger charge is -2.49. The number of β-lactam (4-membered cyclic amide) rings is 3. The van der Waals surface area contributed by atoms with E-state index >= 15 is 0 Å². The van der Waals surface area contributed by atoms with E-state index < -0.39 is 113 Å². The van der Waals surface area contributed by atoms with Crippen molar-refractivity contribution in [3.05, 3.63) is 105 Å². The van der Waals surface area contributed by atoms with E-state index in [2.05, 4.69) is 80.6 Å². The van der Waals surface area contributed by atoms with Crippen LogP contribution in [0.15, 0.2) is 103 Å². The van der Waals surface area contributed by atoms with E-state index in [0.717, 1.165) is 69.5 Å². The summed E-state index contributed by atoms with van der Waals surface area (Å²) in [6, 6.07) is -2.94. The molecule has 0 aliphatic carbocycles. The largest absolute Gasteiger partial charge is 0.477 e. The summed E-state index contributed by atoms with van der Waals surface area (Å²) >= 11 is 7.03. The normalized spacial score (nSPS) is 20.7. The quantitative estimate of drug-likeness (QED) is 0.0235. The van der Waals surface area contributed by atoms with E-state index in [-0.39, 0.29) is 66.7 Å². The van der Waals surface area contributed by atoms with Gasteiger partial charge in [0.15, 0.2) is 32.5 Å². The van der Waals surface area contributed by atoms with Crippen molar-refractivity contribution in [1.29, 1.82) is 0 Å². The molecule has 92 heavy (non-hydrogen) atoms. The van der Waals surface area contributed by atoms with Gasteiger partial charge in [0.25, 0.3) is 35.4 Å². The molecule has 9 heterocycles. The van der Waals surface area contributed by atoms with Crippen LogP contribution >= 0.6 is 77.1 Å². The molecule has 6 amide bonds. The third-order valence-corrected chi connectivity index (χ3v) is 17.9. The van der Waals surface area contributed by atoms with Crippen LogP contribution in [0.25, 0.3) is 0 Å². The first-order valence-electron chi connectivity index (χ1n) is 24.9. The number of nitrogens with one attached hydrogen (secondary N) is 3. The SMILES string of the molecule is C=CC1=C(C(=O)O)N2C(=O)[C@@H](NC(=O)/C(=N/OC(C)=O)c3csc(N)n3)[C@H]2SC1.C=CC1=C(C(=O)O)N2C(=O)[C@@H](NC(=O)/C(=N/OC(C)=O)c3csc(N)n3)[C@H]2SC1.C=CC1=C(C(=O)O)N2C(=O)[C@@H](NC(=O)/C(=N/OC(C)=O)c3csc(N)n3)[C@H]2SC1.O=P(O)(O)O. The Bertz CT molecular complexity index is 3510. The number of thiazole rings is 3. The van der Waals surface area contributed by atoms with Gasteiger partial charge in [0, 0.05) is 54.2 Å². The Labute approximate surface area is 540 Å². The molecule has 3 aromatic heterocycles. The molecule has 0 aromatic carbocycles. The third-order valence-electron chi connectivity index (χ3n) is 11.9. The second-order valence-electron chi connectivity index (χ2n) is 18.0. The summed E-state index contributed by atoms with van der Waals surface area (Å²) in [5.74, 6) is -9.24. The molecule has 0 bridgehead atoms. The Morgan fingerprint density at radius 2 is 0.750 bits per heavy atom. The molecule has 3 saturated heterocycles. The number of carbonyl (C=O) groups excluding carboxylic acids is 9. The highest BCUT2D eigenvalue weighted by molar-refractivity contribution is 8.00. The van der Waals surface area contributed by atoms with Crippen LogP contribution in [0.4, 0.5) is 15.4 Å². The number of thioether (sulfide) groups is 3. The highest BCUT2D eigenvalue weighted by atomic mass is 32.2. The van der Waals surface area contributed by atoms with Crippen LogP contribution in [0.2, 0.25) is 0 Å². The Balaban J connectivity index is 0.000000211. The van der Waals surface area contributed by atoms with Gasteiger partial charge in [-0.3, -0.25) is 43.5 Å². The molecule has 6 aliphatic rings. The minimum atomic E-state index is -4.64. The van der Waals surface area contributed by atoms with Gasteiger partial charge < -0.3 is 77.7 Å². The summed E-state index contributed by atoms with van der Waals surface area (Å²) in [6.07, 6.45) is 4.17. The summed E-state index contributed by atoms with van der Waals surface area (Å²) in [6.45, 7) is 14.0. The van der Waals surface area contributed by atoms with Gasteiger partial charge in [0.2, 0.25) is 0 Å². The number of aliphatic carboxylic acids is 3. The Kier molecular flexibility index (Phi) is 23.8. The summed E-state index contributed by atoms with van der Waals surface area (Å²) < 4.78 is 8.88. The number of hydrogen-bond acceptors (Lipinski definition) is 31. The average Bonchev–Trinajstić information content (AvgIpc) is 0.953. The molecule has 44 heteroatoms. The standard InChI is InChI=1S/3C16H15N5O6S2.H3O4P/c3*1-3-7-4-28-14-10(13(24)21(14)11(7)15(25)26)19-12(23)9(20-27-6(2)22)8-5-29-16(17)18-8;1-5(2,3)4/h3*3,5,10,14H,1,4H2,2H3,(H2,17,18)(H,19,23)(H,25,26);(H3,1,2,3,4)/b3*20-9+;/t3*10-,14-;/m111./s1. The number of amides is 6. The van der Waals surface area contributed by atoms with E-state index in [1.54, 1.807) is 0 Å². The number of oxime groups is 3. The third kappa shape index (κ3) is 16.9. The van der Waals surface area contributed by atoms with Crippen molar-refractivity contribution in [1.82, 2.24) is 45.6 Å². The van der Waals surface area contributed by atoms with Crippen molar-refractivity contribution in [2.24, 2.45) is 15.5 Å². The second kappa shape index (κ2) is 30.6. The molecule has 0 saturated carbocycles. The fourth-order valence-corrected chi connectivity index (χ4v) is 13.8. The monoisotopic (exact) mass is 1410 g/mol. The molecule has 37 nitrogen and oxygen atoms in total.